The maximum absolute atomic E-state index is 12.7. The van der Waals surface area contributed by atoms with Gasteiger partial charge in [0.1, 0.15) is 5.82 Å². The maximum atomic E-state index is 12.7. The predicted octanol–water partition coefficient (Wildman–Crippen LogP) is 2.65. The van der Waals surface area contributed by atoms with Gasteiger partial charge < -0.3 is 9.13 Å². The van der Waals surface area contributed by atoms with E-state index in [1.165, 1.54) is 0 Å². The molecule has 1 aliphatic heterocycles. The van der Waals surface area contributed by atoms with Crippen molar-refractivity contribution < 1.29 is 0 Å². The van der Waals surface area contributed by atoms with Crippen molar-refractivity contribution in [3.8, 4) is 0 Å². The molecule has 5 heteroatoms. The van der Waals surface area contributed by atoms with Gasteiger partial charge in [0.2, 0.25) is 0 Å². The molecule has 0 amide bonds. The van der Waals surface area contributed by atoms with Gasteiger partial charge in [-0.25, -0.2) is 4.98 Å². The van der Waals surface area contributed by atoms with Gasteiger partial charge in [0.15, 0.2) is 0 Å². The number of benzene rings is 1. The minimum atomic E-state index is 0.109. The number of fused-ring (bicyclic) bond motifs is 1. The summed E-state index contributed by atoms with van der Waals surface area (Å²) >= 11 is 0. The van der Waals surface area contributed by atoms with Crippen molar-refractivity contribution in [2.75, 3.05) is 13.1 Å². The van der Waals surface area contributed by atoms with Crippen molar-refractivity contribution in [2.24, 2.45) is 14.1 Å². The average Bonchev–Trinajstić information content (AvgIpc) is 3.06. The molecule has 3 aromatic rings. The van der Waals surface area contributed by atoms with Crippen LogP contribution in [0.15, 0.2) is 47.5 Å². The summed E-state index contributed by atoms with van der Waals surface area (Å²) in [7, 11) is 3.92. The predicted molar refractivity (Wildman–Crippen MR) is 99.6 cm³/mol. The van der Waals surface area contributed by atoms with Gasteiger partial charge in [-0.1, -0.05) is 18.2 Å². The lowest BCUT2D eigenvalue weighted by Crippen LogP contribution is -2.37. The van der Waals surface area contributed by atoms with Crippen molar-refractivity contribution >= 4 is 10.9 Å². The average molecular weight is 336 g/mol. The Kier molecular flexibility index (Phi) is 4.17. The van der Waals surface area contributed by atoms with Crippen molar-refractivity contribution in [1.29, 1.82) is 0 Å². The van der Waals surface area contributed by atoms with E-state index in [2.05, 4.69) is 33.6 Å². The van der Waals surface area contributed by atoms with Crippen LogP contribution in [0.4, 0.5) is 0 Å². The number of hydrogen-bond donors (Lipinski definition) is 0. The Morgan fingerprint density at radius 2 is 2.08 bits per heavy atom. The standard InChI is InChI=1S/C20H24N4O/c1-22-11-9-21-19(22)16-7-5-10-24(13-16)14-17-12-15-6-3-4-8-18(15)23(2)20(17)25/h3-4,6,8-9,11-12,16H,5,7,10,13-14H2,1-2H3/t16-/m1/s1. The molecule has 1 atom stereocenters. The highest BCUT2D eigenvalue weighted by atomic mass is 16.1. The van der Waals surface area contributed by atoms with Crippen LogP contribution in [-0.4, -0.2) is 32.1 Å². The summed E-state index contributed by atoms with van der Waals surface area (Å²) in [6.07, 6.45) is 6.18. The van der Waals surface area contributed by atoms with Gasteiger partial charge in [0, 0.05) is 51.1 Å². The summed E-state index contributed by atoms with van der Waals surface area (Å²) in [6, 6.07) is 10.1. The molecule has 2 aromatic heterocycles. The lowest BCUT2D eigenvalue weighted by atomic mass is 9.96. The van der Waals surface area contributed by atoms with Gasteiger partial charge in [-0.3, -0.25) is 9.69 Å². The van der Waals surface area contributed by atoms with Crippen LogP contribution < -0.4 is 5.56 Å². The van der Waals surface area contributed by atoms with Gasteiger partial charge in [-0.15, -0.1) is 0 Å². The molecule has 1 aromatic carbocycles. The quantitative estimate of drug-likeness (QED) is 0.738. The van der Waals surface area contributed by atoms with E-state index >= 15 is 0 Å². The Morgan fingerprint density at radius 1 is 1.24 bits per heavy atom. The third-order valence-corrected chi connectivity index (χ3v) is 5.33. The number of aryl methyl sites for hydroxylation is 2. The van der Waals surface area contributed by atoms with Crippen LogP contribution in [0.1, 0.15) is 30.1 Å². The zero-order valence-electron chi connectivity index (χ0n) is 14.9. The normalized spacial score (nSPS) is 18.7. The van der Waals surface area contributed by atoms with Gasteiger partial charge in [0.05, 0.1) is 5.52 Å². The van der Waals surface area contributed by atoms with Crippen LogP contribution in [0, 0.1) is 0 Å². The minimum absolute atomic E-state index is 0.109. The lowest BCUT2D eigenvalue weighted by Gasteiger charge is -2.32. The summed E-state index contributed by atoms with van der Waals surface area (Å²) in [5, 5.41) is 1.12. The van der Waals surface area contributed by atoms with E-state index in [4.69, 9.17) is 0 Å². The fourth-order valence-electron chi connectivity index (χ4n) is 4.02. The number of piperidine rings is 1. The Hall–Kier alpha value is -2.40. The maximum Gasteiger partial charge on any atom is 0.255 e. The molecule has 0 unspecified atom stereocenters. The van der Waals surface area contributed by atoms with Crippen LogP contribution in [0.25, 0.3) is 10.9 Å². The van der Waals surface area contributed by atoms with E-state index in [1.54, 1.807) is 4.57 Å². The van der Waals surface area contributed by atoms with E-state index in [0.29, 0.717) is 12.5 Å². The minimum Gasteiger partial charge on any atom is -0.338 e. The van der Waals surface area contributed by atoms with Crippen LogP contribution >= 0.6 is 0 Å². The second-order valence-electron chi connectivity index (χ2n) is 7.06. The lowest BCUT2D eigenvalue weighted by molar-refractivity contribution is 0.194. The van der Waals surface area contributed by atoms with Crippen molar-refractivity contribution in [1.82, 2.24) is 19.0 Å². The largest absolute Gasteiger partial charge is 0.338 e. The van der Waals surface area contributed by atoms with E-state index in [9.17, 15) is 4.79 Å². The molecule has 130 valence electrons. The molecule has 0 radical (unpaired) electrons. The first kappa shape index (κ1) is 16.1. The van der Waals surface area contributed by atoms with Gasteiger partial charge >= 0.3 is 0 Å². The third-order valence-electron chi connectivity index (χ3n) is 5.33. The van der Waals surface area contributed by atoms with Crippen LogP contribution in [0.5, 0.6) is 0 Å². The number of imidazole rings is 1. The molecular weight excluding hydrogens is 312 g/mol. The van der Waals surface area contributed by atoms with Crippen molar-refractivity contribution in [2.45, 2.75) is 25.3 Å². The fraction of sp³-hybridized carbons (Fsp3) is 0.400. The van der Waals surface area contributed by atoms with Crippen molar-refractivity contribution in [3.05, 3.63) is 64.5 Å². The molecular formula is C20H24N4O. The topological polar surface area (TPSA) is 43.1 Å². The highest BCUT2D eigenvalue weighted by molar-refractivity contribution is 5.79. The van der Waals surface area contributed by atoms with Crippen LogP contribution in [0.2, 0.25) is 0 Å². The van der Waals surface area contributed by atoms with E-state index in [0.717, 1.165) is 48.2 Å². The molecule has 0 N–H and O–H groups in total. The Morgan fingerprint density at radius 3 is 2.88 bits per heavy atom. The smallest absolute Gasteiger partial charge is 0.255 e. The molecule has 1 saturated heterocycles. The first-order valence-electron chi connectivity index (χ1n) is 8.90. The second-order valence-corrected chi connectivity index (χ2v) is 7.06. The molecule has 0 spiro atoms. The Labute approximate surface area is 147 Å². The summed E-state index contributed by atoms with van der Waals surface area (Å²) in [5.74, 6) is 1.59. The highest BCUT2D eigenvalue weighted by Gasteiger charge is 2.24. The Balaban J connectivity index is 1.60. The van der Waals surface area contributed by atoms with Crippen molar-refractivity contribution in [3.63, 3.8) is 0 Å². The van der Waals surface area contributed by atoms with E-state index < -0.39 is 0 Å². The fourth-order valence-corrected chi connectivity index (χ4v) is 4.02. The van der Waals surface area contributed by atoms with Crippen LogP contribution in [0.3, 0.4) is 0 Å². The summed E-state index contributed by atoms with van der Waals surface area (Å²) in [6.45, 7) is 2.70. The van der Waals surface area contributed by atoms with Crippen LogP contribution in [-0.2, 0) is 20.6 Å². The molecule has 1 fully saturated rings. The molecule has 4 rings (SSSR count). The van der Waals surface area contributed by atoms with Gasteiger partial charge in [-0.05, 0) is 36.9 Å². The zero-order chi connectivity index (χ0) is 17.4. The summed E-state index contributed by atoms with van der Waals surface area (Å²) in [5.41, 5.74) is 1.97. The number of aromatic nitrogens is 3. The molecule has 25 heavy (non-hydrogen) atoms. The third kappa shape index (κ3) is 3.00. The van der Waals surface area contributed by atoms with E-state index in [1.807, 2.05) is 37.6 Å². The molecule has 1 aliphatic rings. The molecule has 5 nitrogen and oxygen atoms in total. The van der Waals surface area contributed by atoms with E-state index in [-0.39, 0.29) is 5.56 Å². The summed E-state index contributed by atoms with van der Waals surface area (Å²) in [4.78, 5) is 19.7. The number of para-hydroxylation sites is 1. The number of nitrogens with zero attached hydrogens (tertiary/aromatic N) is 4. The Bertz CT molecular complexity index is 956. The molecule has 0 aliphatic carbocycles. The first-order valence-corrected chi connectivity index (χ1v) is 8.90. The van der Waals surface area contributed by atoms with Gasteiger partial charge in [0.25, 0.3) is 5.56 Å². The van der Waals surface area contributed by atoms with Gasteiger partial charge in [-0.2, -0.15) is 0 Å². The highest BCUT2D eigenvalue weighted by Crippen LogP contribution is 2.26. The monoisotopic (exact) mass is 336 g/mol. The number of hydrogen-bond acceptors (Lipinski definition) is 3. The molecule has 0 saturated carbocycles. The molecule has 3 heterocycles. The second kappa shape index (κ2) is 6.48. The summed E-state index contributed by atoms with van der Waals surface area (Å²) < 4.78 is 3.88. The SMILES string of the molecule is Cn1ccnc1[C@@H]1CCCN(Cc2cc3ccccc3n(C)c2=O)C1. The number of pyridine rings is 1. The molecule has 0 bridgehead atoms. The first-order chi connectivity index (χ1) is 12.1. The number of rotatable bonds is 3. The number of likely N-dealkylation sites (tertiary alicyclic amines) is 1. The zero-order valence-corrected chi connectivity index (χ0v) is 14.9.